The van der Waals surface area contributed by atoms with Crippen molar-refractivity contribution in [1.29, 1.82) is 0 Å². The highest BCUT2D eigenvalue weighted by Crippen LogP contribution is 2.25. The SMILES string of the molecule is CC1CCCCN1c1nc(Cl)nc(N2CCCCC2)n1. The number of anilines is 2. The molecule has 2 aliphatic heterocycles. The van der Waals surface area contributed by atoms with Crippen molar-refractivity contribution in [2.75, 3.05) is 29.4 Å². The van der Waals surface area contributed by atoms with Gasteiger partial charge in [0.15, 0.2) is 0 Å². The zero-order valence-corrected chi connectivity index (χ0v) is 12.8. The van der Waals surface area contributed by atoms with Crippen LogP contribution in [0.2, 0.25) is 5.28 Å². The summed E-state index contributed by atoms with van der Waals surface area (Å²) in [5.41, 5.74) is 0. The Labute approximate surface area is 125 Å². The number of hydrogen-bond acceptors (Lipinski definition) is 5. The second-order valence-corrected chi connectivity index (χ2v) is 6.13. The molecule has 3 rings (SSSR count). The van der Waals surface area contributed by atoms with Gasteiger partial charge in [-0.05, 0) is 57.0 Å². The van der Waals surface area contributed by atoms with Crippen molar-refractivity contribution in [2.24, 2.45) is 0 Å². The summed E-state index contributed by atoms with van der Waals surface area (Å²) in [6.45, 7) is 5.29. The van der Waals surface area contributed by atoms with E-state index in [0.717, 1.165) is 31.5 Å². The predicted molar refractivity (Wildman–Crippen MR) is 81.6 cm³/mol. The fourth-order valence-corrected chi connectivity index (χ4v) is 3.24. The third-order valence-corrected chi connectivity index (χ3v) is 4.45. The van der Waals surface area contributed by atoms with Crippen LogP contribution in [0.15, 0.2) is 0 Å². The van der Waals surface area contributed by atoms with Gasteiger partial charge in [0.2, 0.25) is 17.2 Å². The van der Waals surface area contributed by atoms with E-state index in [0.29, 0.717) is 11.3 Å². The van der Waals surface area contributed by atoms with Gasteiger partial charge in [-0.3, -0.25) is 0 Å². The lowest BCUT2D eigenvalue weighted by molar-refractivity contribution is 0.476. The van der Waals surface area contributed by atoms with Gasteiger partial charge >= 0.3 is 0 Å². The molecule has 1 atom stereocenters. The molecule has 5 nitrogen and oxygen atoms in total. The summed E-state index contributed by atoms with van der Waals surface area (Å²) in [4.78, 5) is 17.8. The van der Waals surface area contributed by atoms with E-state index in [1.54, 1.807) is 0 Å². The summed E-state index contributed by atoms with van der Waals surface area (Å²) in [6.07, 6.45) is 7.40. The van der Waals surface area contributed by atoms with E-state index < -0.39 is 0 Å². The Morgan fingerprint density at radius 3 is 2.35 bits per heavy atom. The predicted octanol–water partition coefficient (Wildman–Crippen LogP) is 2.89. The second-order valence-electron chi connectivity index (χ2n) is 5.79. The molecule has 0 spiro atoms. The molecule has 0 N–H and O–H groups in total. The monoisotopic (exact) mass is 295 g/mol. The van der Waals surface area contributed by atoms with Gasteiger partial charge in [0.1, 0.15) is 0 Å². The lowest BCUT2D eigenvalue weighted by Gasteiger charge is -2.34. The quantitative estimate of drug-likeness (QED) is 0.839. The number of halogens is 1. The van der Waals surface area contributed by atoms with Crippen molar-refractivity contribution in [3.63, 3.8) is 0 Å². The fourth-order valence-electron chi connectivity index (χ4n) is 3.09. The maximum Gasteiger partial charge on any atom is 0.231 e. The van der Waals surface area contributed by atoms with Gasteiger partial charge in [-0.1, -0.05) is 0 Å². The molecule has 2 fully saturated rings. The van der Waals surface area contributed by atoms with E-state index in [2.05, 4.69) is 31.7 Å². The Kier molecular flexibility index (Phi) is 4.24. The van der Waals surface area contributed by atoms with Crippen LogP contribution in [-0.4, -0.2) is 40.6 Å². The highest BCUT2D eigenvalue weighted by Gasteiger charge is 2.23. The summed E-state index contributed by atoms with van der Waals surface area (Å²) in [7, 11) is 0. The smallest absolute Gasteiger partial charge is 0.231 e. The second kappa shape index (κ2) is 6.12. The normalized spacial score (nSPS) is 24.0. The molecule has 1 aromatic rings. The summed E-state index contributed by atoms with van der Waals surface area (Å²) in [5.74, 6) is 1.50. The fraction of sp³-hybridized carbons (Fsp3) is 0.786. The number of nitrogens with zero attached hydrogens (tertiary/aromatic N) is 5. The number of piperidine rings is 2. The molecule has 20 heavy (non-hydrogen) atoms. The molecule has 0 bridgehead atoms. The van der Waals surface area contributed by atoms with Crippen LogP contribution in [-0.2, 0) is 0 Å². The summed E-state index contributed by atoms with van der Waals surface area (Å²) < 4.78 is 0. The minimum atomic E-state index is 0.313. The van der Waals surface area contributed by atoms with Gasteiger partial charge in [0.25, 0.3) is 0 Å². The zero-order valence-electron chi connectivity index (χ0n) is 12.1. The molecule has 3 heterocycles. The Balaban J connectivity index is 1.85. The van der Waals surface area contributed by atoms with Crippen LogP contribution in [0.1, 0.15) is 45.4 Å². The molecule has 6 heteroatoms. The average molecular weight is 296 g/mol. The largest absolute Gasteiger partial charge is 0.341 e. The van der Waals surface area contributed by atoms with Crippen molar-refractivity contribution >= 4 is 23.5 Å². The maximum absolute atomic E-state index is 6.12. The van der Waals surface area contributed by atoms with Crippen LogP contribution in [0.4, 0.5) is 11.9 Å². The minimum absolute atomic E-state index is 0.313. The van der Waals surface area contributed by atoms with E-state index in [-0.39, 0.29) is 0 Å². The third-order valence-electron chi connectivity index (χ3n) is 4.28. The lowest BCUT2D eigenvalue weighted by atomic mass is 10.0. The van der Waals surface area contributed by atoms with Crippen LogP contribution in [0, 0.1) is 0 Å². The van der Waals surface area contributed by atoms with Crippen LogP contribution < -0.4 is 9.80 Å². The standard InChI is InChI=1S/C14H22ClN5/c1-11-7-3-6-10-20(11)14-17-12(15)16-13(18-14)19-8-4-2-5-9-19/h11H,2-10H2,1H3. The first-order chi connectivity index (χ1) is 9.74. The average Bonchev–Trinajstić information content (AvgIpc) is 2.48. The summed E-state index contributed by atoms with van der Waals surface area (Å²) >= 11 is 6.12. The number of rotatable bonds is 2. The van der Waals surface area contributed by atoms with E-state index in [4.69, 9.17) is 11.6 Å². The molecule has 1 aromatic heterocycles. The highest BCUT2D eigenvalue weighted by atomic mass is 35.5. The van der Waals surface area contributed by atoms with E-state index in [9.17, 15) is 0 Å². The zero-order chi connectivity index (χ0) is 13.9. The molecule has 1 unspecified atom stereocenters. The van der Waals surface area contributed by atoms with E-state index >= 15 is 0 Å². The Morgan fingerprint density at radius 1 is 0.900 bits per heavy atom. The van der Waals surface area contributed by atoms with E-state index in [1.807, 2.05) is 0 Å². The summed E-state index contributed by atoms with van der Waals surface area (Å²) in [5, 5.41) is 0.313. The van der Waals surface area contributed by atoms with Gasteiger partial charge in [-0.2, -0.15) is 15.0 Å². The van der Waals surface area contributed by atoms with Gasteiger partial charge in [0.05, 0.1) is 0 Å². The van der Waals surface area contributed by atoms with Crippen molar-refractivity contribution in [3.05, 3.63) is 5.28 Å². The van der Waals surface area contributed by atoms with Crippen LogP contribution in [0.5, 0.6) is 0 Å². The Hall–Kier alpha value is -1.10. The van der Waals surface area contributed by atoms with Crippen molar-refractivity contribution < 1.29 is 0 Å². The molecule has 2 aliphatic rings. The molecule has 0 aliphatic carbocycles. The number of hydrogen-bond donors (Lipinski definition) is 0. The lowest BCUT2D eigenvalue weighted by Crippen LogP contribution is -2.39. The first-order valence-electron chi connectivity index (χ1n) is 7.67. The summed E-state index contributed by atoms with van der Waals surface area (Å²) in [6, 6.07) is 0.483. The van der Waals surface area contributed by atoms with Gasteiger partial charge < -0.3 is 9.80 Å². The van der Waals surface area contributed by atoms with Gasteiger partial charge in [-0.25, -0.2) is 0 Å². The topological polar surface area (TPSA) is 45.2 Å². The third kappa shape index (κ3) is 2.97. The molecule has 2 saturated heterocycles. The minimum Gasteiger partial charge on any atom is -0.341 e. The molecular weight excluding hydrogens is 274 g/mol. The van der Waals surface area contributed by atoms with Gasteiger partial charge in [-0.15, -0.1) is 0 Å². The van der Waals surface area contributed by atoms with Crippen LogP contribution >= 0.6 is 11.6 Å². The van der Waals surface area contributed by atoms with Crippen molar-refractivity contribution in [3.8, 4) is 0 Å². The van der Waals surface area contributed by atoms with Gasteiger partial charge in [0, 0.05) is 25.7 Å². The number of aromatic nitrogens is 3. The van der Waals surface area contributed by atoms with E-state index in [1.165, 1.54) is 38.5 Å². The highest BCUT2D eigenvalue weighted by molar-refractivity contribution is 6.28. The van der Waals surface area contributed by atoms with Crippen molar-refractivity contribution in [2.45, 2.75) is 51.5 Å². The molecule has 0 saturated carbocycles. The molecular formula is C14H22ClN5. The van der Waals surface area contributed by atoms with Crippen LogP contribution in [0.25, 0.3) is 0 Å². The molecule has 0 amide bonds. The molecule has 0 radical (unpaired) electrons. The van der Waals surface area contributed by atoms with Crippen LogP contribution in [0.3, 0.4) is 0 Å². The Morgan fingerprint density at radius 2 is 1.60 bits per heavy atom. The Bertz CT molecular complexity index is 461. The maximum atomic E-state index is 6.12. The first-order valence-corrected chi connectivity index (χ1v) is 8.05. The molecule has 110 valence electrons. The van der Waals surface area contributed by atoms with Crippen molar-refractivity contribution in [1.82, 2.24) is 15.0 Å². The molecule has 0 aromatic carbocycles. The first kappa shape index (κ1) is 13.9.